The van der Waals surface area contributed by atoms with E-state index >= 15 is 0 Å². The molecule has 0 saturated carbocycles. The second-order valence-corrected chi connectivity index (χ2v) is 2.78. The van der Waals surface area contributed by atoms with Crippen LogP contribution in [0.4, 0.5) is 0 Å². The van der Waals surface area contributed by atoms with Crippen LogP contribution in [-0.4, -0.2) is 22.2 Å². The van der Waals surface area contributed by atoms with E-state index in [0.29, 0.717) is 0 Å². The van der Waals surface area contributed by atoms with Gasteiger partial charge in [-0.2, -0.15) is 0 Å². The molecule has 0 radical (unpaired) electrons. The Bertz CT molecular complexity index is 258. The summed E-state index contributed by atoms with van der Waals surface area (Å²) in [5.74, 6) is 0.176. The van der Waals surface area contributed by atoms with Crippen molar-refractivity contribution < 1.29 is 24.2 Å². The second kappa shape index (κ2) is 6.37. The molecule has 3 N–H and O–H groups in total. The molecule has 1 aromatic rings. The fourth-order valence-electron chi connectivity index (χ4n) is 0.493. The van der Waals surface area contributed by atoms with Gasteiger partial charge in [-0.1, -0.05) is 6.07 Å². The highest BCUT2D eigenvalue weighted by Gasteiger charge is 2.02. The van der Waals surface area contributed by atoms with Gasteiger partial charge in [0.05, 0.1) is 7.11 Å². The average Bonchev–Trinajstić information content (AvgIpc) is 2.05. The van der Waals surface area contributed by atoms with Gasteiger partial charge in [0.2, 0.25) is 0 Å². The van der Waals surface area contributed by atoms with Gasteiger partial charge >= 0.3 is 8.25 Å². The molecule has 0 heterocycles. The van der Waals surface area contributed by atoms with E-state index in [1.165, 1.54) is 25.3 Å². The largest absolute Gasteiger partial charge is 0.694 e. The van der Waals surface area contributed by atoms with Crippen molar-refractivity contribution in [1.29, 1.82) is 0 Å². The summed E-state index contributed by atoms with van der Waals surface area (Å²) in [7, 11) is -1.18. The molecular formula is C7H10O5P+. The normalized spacial score (nSPS) is 9.85. The van der Waals surface area contributed by atoms with Crippen LogP contribution in [0.2, 0.25) is 0 Å². The first kappa shape index (κ1) is 11.8. The van der Waals surface area contributed by atoms with Crippen molar-refractivity contribution in [1.82, 2.24) is 0 Å². The van der Waals surface area contributed by atoms with E-state index < -0.39 is 8.25 Å². The minimum Gasteiger partial charge on any atom is -0.508 e. The smallest absolute Gasteiger partial charge is 0.508 e. The van der Waals surface area contributed by atoms with Crippen molar-refractivity contribution in [2.24, 2.45) is 0 Å². The molecule has 1 aromatic carbocycles. The molecule has 0 aromatic heterocycles. The topological polar surface area (TPSA) is 87.0 Å². The average molecular weight is 205 g/mol. The maximum atomic E-state index is 9.29. The van der Waals surface area contributed by atoms with Gasteiger partial charge in [-0.25, -0.2) is 0 Å². The van der Waals surface area contributed by atoms with Crippen LogP contribution in [0, 0.1) is 0 Å². The zero-order valence-corrected chi connectivity index (χ0v) is 7.81. The Morgan fingerprint density at radius 1 is 1.31 bits per heavy atom. The minimum absolute atomic E-state index is 0.0880. The van der Waals surface area contributed by atoms with Crippen LogP contribution in [0.25, 0.3) is 0 Å². The lowest BCUT2D eigenvalue weighted by atomic mass is 10.3. The molecule has 0 spiro atoms. The van der Waals surface area contributed by atoms with Crippen molar-refractivity contribution in [3.8, 4) is 11.5 Å². The molecule has 0 aliphatic rings. The Hall–Kier alpha value is -1.16. The summed E-state index contributed by atoms with van der Waals surface area (Å²) in [6, 6.07) is 5.85. The molecule has 0 aliphatic carbocycles. The summed E-state index contributed by atoms with van der Waals surface area (Å²) in [5, 5.41) is 17.3. The highest BCUT2D eigenvalue weighted by atomic mass is 31.1. The van der Waals surface area contributed by atoms with Crippen molar-refractivity contribution in [3.63, 3.8) is 0 Å². The summed E-state index contributed by atoms with van der Waals surface area (Å²) in [6.07, 6.45) is 0. The van der Waals surface area contributed by atoms with Crippen LogP contribution in [0.1, 0.15) is 0 Å². The molecule has 1 atom stereocenters. The van der Waals surface area contributed by atoms with Crippen LogP contribution in [0.5, 0.6) is 11.5 Å². The maximum absolute atomic E-state index is 9.29. The lowest BCUT2D eigenvalue weighted by Crippen LogP contribution is -1.61. The Morgan fingerprint density at radius 3 is 1.85 bits per heavy atom. The lowest BCUT2D eigenvalue weighted by Gasteiger charge is -1.89. The molecule has 1 rings (SSSR count). The van der Waals surface area contributed by atoms with Crippen LogP contribution in [-0.2, 0) is 9.09 Å². The Kier molecular flexibility index (Phi) is 5.80. The molecule has 0 saturated heterocycles. The molecule has 0 amide bonds. The molecule has 0 aliphatic heterocycles. The summed E-state index contributed by atoms with van der Waals surface area (Å²) < 4.78 is 13.1. The first-order chi connectivity index (χ1) is 6.06. The highest BCUT2D eigenvalue weighted by Crippen LogP contribution is 2.14. The molecule has 0 bridgehead atoms. The van der Waals surface area contributed by atoms with Gasteiger partial charge in [-0.05, 0) is 12.1 Å². The van der Waals surface area contributed by atoms with Crippen LogP contribution in [0.3, 0.4) is 0 Å². The predicted molar refractivity (Wildman–Crippen MR) is 46.6 cm³/mol. The van der Waals surface area contributed by atoms with E-state index in [2.05, 4.69) is 4.52 Å². The zero-order chi connectivity index (χ0) is 10.3. The SMILES string of the molecule is CO[P+](=O)O.Oc1cccc(O)c1. The van der Waals surface area contributed by atoms with Crippen LogP contribution in [0.15, 0.2) is 24.3 Å². The number of hydrogen-bond donors (Lipinski definition) is 3. The Balaban J connectivity index is 0.000000252. The standard InChI is InChI=1S/C6H6O2.CH3O3P/c7-5-2-1-3-6(8)4-5;1-4-5(2)3/h1-4,7-8H;1H3/p+1. The van der Waals surface area contributed by atoms with Crippen molar-refractivity contribution in [2.75, 3.05) is 7.11 Å². The number of phenolic OH excluding ortho intramolecular Hbond substituents is 2. The molecular weight excluding hydrogens is 195 g/mol. The fourth-order valence-corrected chi connectivity index (χ4v) is 0.493. The Labute approximate surface area is 76.2 Å². The summed E-state index contributed by atoms with van der Waals surface area (Å²) in [4.78, 5) is 7.65. The number of rotatable bonds is 1. The van der Waals surface area contributed by atoms with Gasteiger partial charge in [-0.3, -0.25) is 0 Å². The molecule has 5 nitrogen and oxygen atoms in total. The molecule has 6 heteroatoms. The third-order valence-electron chi connectivity index (χ3n) is 0.986. The fraction of sp³-hybridized carbons (Fsp3) is 0.143. The lowest BCUT2D eigenvalue weighted by molar-refractivity contribution is 0.343. The van der Waals surface area contributed by atoms with Gasteiger partial charge in [0.1, 0.15) is 11.5 Å². The quantitative estimate of drug-likeness (QED) is 0.603. The number of aromatic hydroxyl groups is 2. The first-order valence-electron chi connectivity index (χ1n) is 3.24. The van der Waals surface area contributed by atoms with E-state index in [1.807, 2.05) is 0 Å². The van der Waals surface area contributed by atoms with Crippen LogP contribution >= 0.6 is 8.25 Å². The van der Waals surface area contributed by atoms with Gasteiger partial charge in [0.15, 0.2) is 0 Å². The van der Waals surface area contributed by atoms with Gasteiger partial charge < -0.3 is 10.2 Å². The van der Waals surface area contributed by atoms with Gasteiger partial charge in [-0.15, -0.1) is 9.42 Å². The Morgan fingerprint density at radius 2 is 1.69 bits per heavy atom. The number of benzene rings is 1. The van der Waals surface area contributed by atoms with Crippen molar-refractivity contribution in [3.05, 3.63) is 24.3 Å². The highest BCUT2D eigenvalue weighted by molar-refractivity contribution is 7.32. The number of hydrogen-bond acceptors (Lipinski definition) is 4. The summed E-state index contributed by atoms with van der Waals surface area (Å²) in [5.41, 5.74) is 0. The monoisotopic (exact) mass is 205 g/mol. The van der Waals surface area contributed by atoms with Gasteiger partial charge in [0.25, 0.3) is 0 Å². The third-order valence-corrected chi connectivity index (χ3v) is 1.30. The molecule has 1 unspecified atom stereocenters. The summed E-state index contributed by atoms with van der Waals surface area (Å²) >= 11 is 0. The first-order valence-corrected chi connectivity index (χ1v) is 4.37. The second-order valence-electron chi connectivity index (χ2n) is 1.94. The maximum Gasteiger partial charge on any atom is 0.694 e. The molecule has 72 valence electrons. The van der Waals surface area contributed by atoms with Crippen LogP contribution < -0.4 is 0 Å². The number of phenols is 2. The molecule has 0 fully saturated rings. The van der Waals surface area contributed by atoms with E-state index in [-0.39, 0.29) is 11.5 Å². The van der Waals surface area contributed by atoms with E-state index in [1.54, 1.807) is 6.07 Å². The van der Waals surface area contributed by atoms with E-state index in [9.17, 15) is 4.57 Å². The van der Waals surface area contributed by atoms with Crippen molar-refractivity contribution in [2.45, 2.75) is 0 Å². The minimum atomic E-state index is -2.35. The molecule has 13 heavy (non-hydrogen) atoms. The predicted octanol–water partition coefficient (Wildman–Crippen LogP) is 1.38. The van der Waals surface area contributed by atoms with E-state index in [4.69, 9.17) is 15.1 Å². The zero-order valence-electron chi connectivity index (χ0n) is 6.91. The summed E-state index contributed by atoms with van der Waals surface area (Å²) in [6.45, 7) is 0. The third kappa shape index (κ3) is 7.21. The van der Waals surface area contributed by atoms with Crippen molar-refractivity contribution >= 4 is 8.25 Å². The van der Waals surface area contributed by atoms with Gasteiger partial charge in [0, 0.05) is 10.6 Å². The van der Waals surface area contributed by atoms with E-state index in [0.717, 1.165) is 0 Å².